The second-order valence-electron chi connectivity index (χ2n) is 2.06. The maximum absolute atomic E-state index is 10.4. The minimum Gasteiger partial charge on any atom is -0.365 e. The molecule has 70 valence electrons. The van der Waals surface area contributed by atoms with Gasteiger partial charge < -0.3 is 10.6 Å². The molecule has 0 aromatic rings. The lowest BCUT2D eigenvalue weighted by molar-refractivity contribution is -0.297. The van der Waals surface area contributed by atoms with Crippen LogP contribution in [0.1, 0.15) is 20.3 Å². The van der Waals surface area contributed by atoms with Gasteiger partial charge in [0.15, 0.2) is 0 Å². The van der Waals surface area contributed by atoms with Gasteiger partial charge in [-0.05, 0) is 11.6 Å². The number of hydrogen-bond acceptors (Lipinski definition) is 4. The first-order chi connectivity index (χ1) is 5.57. The van der Waals surface area contributed by atoms with Crippen molar-refractivity contribution in [3.63, 3.8) is 0 Å². The van der Waals surface area contributed by atoms with Crippen molar-refractivity contribution in [3.05, 3.63) is 0 Å². The SMILES string of the molecule is CCCON(OC(C)=O)C(=N)N. The second-order valence-corrected chi connectivity index (χ2v) is 2.06. The molecule has 0 aromatic carbocycles. The van der Waals surface area contributed by atoms with E-state index in [1.165, 1.54) is 6.92 Å². The average Bonchev–Trinajstić information content (AvgIpc) is 1.96. The van der Waals surface area contributed by atoms with Crippen molar-refractivity contribution < 1.29 is 14.5 Å². The quantitative estimate of drug-likeness (QED) is 0.358. The summed E-state index contributed by atoms with van der Waals surface area (Å²) in [4.78, 5) is 19.7. The fraction of sp³-hybridized carbons (Fsp3) is 0.667. The zero-order valence-electron chi connectivity index (χ0n) is 7.16. The number of carbonyl (C=O) groups is 1. The Bertz CT molecular complexity index is 171. The Morgan fingerprint density at radius 2 is 2.25 bits per heavy atom. The number of carbonyl (C=O) groups excluding carboxylic acids is 1. The molecule has 6 heteroatoms. The molecule has 0 heterocycles. The molecule has 3 N–H and O–H groups in total. The molecule has 0 fully saturated rings. The molecule has 0 aliphatic rings. The number of rotatable bonds is 3. The standard InChI is InChI=1S/C6H13N3O3/c1-3-4-11-9(6(7)8)12-5(2)10/h3-4H2,1-2H3,(H3,7,8). The lowest BCUT2D eigenvalue weighted by Crippen LogP contribution is -2.38. The van der Waals surface area contributed by atoms with Crippen LogP contribution in [0.25, 0.3) is 0 Å². The Hall–Kier alpha value is -1.30. The molecule has 0 amide bonds. The van der Waals surface area contributed by atoms with Crippen molar-refractivity contribution in [1.29, 1.82) is 5.41 Å². The number of nitrogens with one attached hydrogen (secondary N) is 1. The minimum absolute atomic E-state index is 0.340. The van der Waals surface area contributed by atoms with Gasteiger partial charge in [0.25, 0.3) is 5.96 Å². The summed E-state index contributed by atoms with van der Waals surface area (Å²) in [6, 6.07) is 0. The highest BCUT2D eigenvalue weighted by Gasteiger charge is 2.10. The Morgan fingerprint density at radius 3 is 2.58 bits per heavy atom. The van der Waals surface area contributed by atoms with Crippen molar-refractivity contribution in [2.75, 3.05) is 6.61 Å². The Labute approximate surface area is 70.6 Å². The van der Waals surface area contributed by atoms with Crippen LogP contribution in [0.2, 0.25) is 0 Å². The summed E-state index contributed by atoms with van der Waals surface area (Å²) in [5, 5.41) is 7.51. The molecule has 0 saturated heterocycles. The third-order valence-electron chi connectivity index (χ3n) is 0.821. The molecular formula is C6H13N3O3. The molecule has 0 aliphatic carbocycles. The zero-order chi connectivity index (χ0) is 9.56. The maximum atomic E-state index is 10.4. The molecule has 0 radical (unpaired) electrons. The average molecular weight is 175 g/mol. The normalized spacial score (nSPS) is 9.17. The topological polar surface area (TPSA) is 88.6 Å². The highest BCUT2D eigenvalue weighted by Crippen LogP contribution is 1.93. The van der Waals surface area contributed by atoms with Crippen LogP contribution in [-0.2, 0) is 14.5 Å². The van der Waals surface area contributed by atoms with Gasteiger partial charge in [0.2, 0.25) is 0 Å². The van der Waals surface area contributed by atoms with E-state index in [0.717, 1.165) is 6.42 Å². The van der Waals surface area contributed by atoms with Gasteiger partial charge in [0.05, 0.1) is 6.61 Å². The first-order valence-corrected chi connectivity index (χ1v) is 3.53. The summed E-state index contributed by atoms with van der Waals surface area (Å²) in [7, 11) is 0. The van der Waals surface area contributed by atoms with Gasteiger partial charge in [-0.2, -0.15) is 0 Å². The van der Waals surface area contributed by atoms with Gasteiger partial charge >= 0.3 is 5.97 Å². The zero-order valence-corrected chi connectivity index (χ0v) is 7.16. The first kappa shape index (κ1) is 10.7. The molecule has 0 spiro atoms. The van der Waals surface area contributed by atoms with E-state index in [9.17, 15) is 4.79 Å². The lowest BCUT2D eigenvalue weighted by Gasteiger charge is -2.17. The van der Waals surface area contributed by atoms with Crippen molar-refractivity contribution >= 4 is 11.9 Å². The van der Waals surface area contributed by atoms with E-state index >= 15 is 0 Å². The summed E-state index contributed by atoms with van der Waals surface area (Å²) < 4.78 is 0. The second kappa shape index (κ2) is 5.36. The monoisotopic (exact) mass is 175 g/mol. The first-order valence-electron chi connectivity index (χ1n) is 3.53. The molecule has 0 aromatic heterocycles. The van der Waals surface area contributed by atoms with Crippen LogP contribution >= 0.6 is 0 Å². The summed E-state index contributed by atoms with van der Waals surface area (Å²) >= 11 is 0. The minimum atomic E-state index is -0.582. The lowest BCUT2D eigenvalue weighted by atomic mass is 10.5. The van der Waals surface area contributed by atoms with E-state index in [4.69, 9.17) is 16.0 Å². The van der Waals surface area contributed by atoms with E-state index in [2.05, 4.69) is 4.84 Å². The van der Waals surface area contributed by atoms with Crippen LogP contribution in [0.15, 0.2) is 0 Å². The number of guanidine groups is 1. The largest absolute Gasteiger partial charge is 0.365 e. The predicted octanol–water partition coefficient (Wildman–Crippen LogP) is 0.00157. The molecule has 6 nitrogen and oxygen atoms in total. The van der Waals surface area contributed by atoms with E-state index in [1.807, 2.05) is 6.92 Å². The van der Waals surface area contributed by atoms with Crippen LogP contribution in [0.3, 0.4) is 0 Å². The molecule has 0 aliphatic heterocycles. The van der Waals surface area contributed by atoms with Gasteiger partial charge in [-0.1, -0.05) is 6.92 Å². The fourth-order valence-electron chi connectivity index (χ4n) is 0.436. The molecular weight excluding hydrogens is 162 g/mol. The molecule has 0 bridgehead atoms. The van der Waals surface area contributed by atoms with Crippen LogP contribution < -0.4 is 5.73 Å². The highest BCUT2D eigenvalue weighted by atomic mass is 17.0. The van der Waals surface area contributed by atoms with E-state index in [1.54, 1.807) is 0 Å². The highest BCUT2D eigenvalue weighted by molar-refractivity contribution is 5.75. The van der Waals surface area contributed by atoms with Gasteiger partial charge in [0, 0.05) is 6.92 Å². The summed E-state index contributed by atoms with van der Waals surface area (Å²) in [5.41, 5.74) is 5.03. The number of nitrogens with zero attached hydrogens (tertiary/aromatic N) is 1. The van der Waals surface area contributed by atoms with Gasteiger partial charge in [-0.3, -0.25) is 5.41 Å². The number of hydrogen-bond donors (Lipinski definition) is 2. The molecule has 0 rings (SSSR count). The van der Waals surface area contributed by atoms with Gasteiger partial charge in [-0.15, -0.1) is 0 Å². The van der Waals surface area contributed by atoms with E-state index in [-0.39, 0.29) is 0 Å². The van der Waals surface area contributed by atoms with Crippen molar-refractivity contribution in [2.24, 2.45) is 5.73 Å². The number of nitrogens with two attached hydrogens (primary N) is 1. The predicted molar refractivity (Wildman–Crippen MR) is 41.8 cm³/mol. The van der Waals surface area contributed by atoms with Crippen LogP contribution in [0.5, 0.6) is 0 Å². The molecule has 12 heavy (non-hydrogen) atoms. The summed E-state index contributed by atoms with van der Waals surface area (Å²) in [6.45, 7) is 3.42. The van der Waals surface area contributed by atoms with Crippen LogP contribution in [0, 0.1) is 5.41 Å². The van der Waals surface area contributed by atoms with E-state index < -0.39 is 11.9 Å². The van der Waals surface area contributed by atoms with Crippen LogP contribution in [0.4, 0.5) is 0 Å². The summed E-state index contributed by atoms with van der Waals surface area (Å²) in [5.74, 6) is -1.04. The van der Waals surface area contributed by atoms with Crippen molar-refractivity contribution in [1.82, 2.24) is 5.23 Å². The Balaban J connectivity index is 3.87. The van der Waals surface area contributed by atoms with Gasteiger partial charge in [0.1, 0.15) is 0 Å². The third kappa shape index (κ3) is 4.51. The fourth-order valence-corrected chi connectivity index (χ4v) is 0.436. The third-order valence-corrected chi connectivity index (χ3v) is 0.821. The smallest absolute Gasteiger partial charge is 0.332 e. The van der Waals surface area contributed by atoms with Gasteiger partial charge in [-0.25, -0.2) is 9.63 Å². The number of hydroxylamine groups is 2. The Morgan fingerprint density at radius 1 is 1.67 bits per heavy atom. The van der Waals surface area contributed by atoms with E-state index in [0.29, 0.717) is 11.8 Å². The summed E-state index contributed by atoms with van der Waals surface area (Å²) in [6.07, 6.45) is 0.741. The Kier molecular flexibility index (Phi) is 4.78. The maximum Gasteiger partial charge on any atom is 0.332 e. The van der Waals surface area contributed by atoms with Crippen molar-refractivity contribution in [2.45, 2.75) is 20.3 Å². The molecule has 0 unspecified atom stereocenters. The molecule has 0 atom stereocenters. The van der Waals surface area contributed by atoms with Crippen LogP contribution in [-0.4, -0.2) is 23.8 Å². The van der Waals surface area contributed by atoms with Crippen molar-refractivity contribution in [3.8, 4) is 0 Å². The molecule has 0 saturated carbocycles.